The maximum absolute atomic E-state index is 12.5. The van der Waals surface area contributed by atoms with E-state index in [4.69, 9.17) is 0 Å². The zero-order chi connectivity index (χ0) is 15.6. The molecule has 1 aromatic carbocycles. The molecule has 0 radical (unpaired) electrons. The molecule has 1 aromatic rings. The van der Waals surface area contributed by atoms with Gasteiger partial charge in [-0.25, -0.2) is 0 Å². The van der Waals surface area contributed by atoms with Crippen molar-refractivity contribution in [3.63, 3.8) is 0 Å². The van der Waals surface area contributed by atoms with Crippen LogP contribution in [0, 0.1) is 13.8 Å². The minimum atomic E-state index is -3.64. The molecule has 1 fully saturated rings. The number of aliphatic hydroxyl groups excluding tert-OH is 1. The van der Waals surface area contributed by atoms with Gasteiger partial charge in [-0.2, -0.15) is 12.7 Å². The summed E-state index contributed by atoms with van der Waals surface area (Å²) in [6.45, 7) is 4.16. The van der Waals surface area contributed by atoms with E-state index in [0.717, 1.165) is 28.4 Å². The molecule has 1 aliphatic heterocycles. The molecule has 5 nitrogen and oxygen atoms in total. The SMILES string of the molecule is Cc1cc(NS(=O)(=O)N2CCCCC2CO)cc(C)c1Br. The van der Waals surface area contributed by atoms with Crippen LogP contribution in [0.15, 0.2) is 16.6 Å². The van der Waals surface area contributed by atoms with Crippen molar-refractivity contribution >= 4 is 31.8 Å². The predicted molar refractivity (Wildman–Crippen MR) is 87.6 cm³/mol. The van der Waals surface area contributed by atoms with E-state index >= 15 is 0 Å². The van der Waals surface area contributed by atoms with Gasteiger partial charge in [0.05, 0.1) is 12.3 Å². The molecule has 7 heteroatoms. The van der Waals surface area contributed by atoms with Crippen molar-refractivity contribution < 1.29 is 13.5 Å². The van der Waals surface area contributed by atoms with Crippen LogP contribution in [0.2, 0.25) is 0 Å². The monoisotopic (exact) mass is 376 g/mol. The summed E-state index contributed by atoms with van der Waals surface area (Å²) < 4.78 is 30.0. The van der Waals surface area contributed by atoms with Crippen molar-refractivity contribution in [2.75, 3.05) is 17.9 Å². The van der Waals surface area contributed by atoms with Crippen LogP contribution >= 0.6 is 15.9 Å². The molecule has 0 bridgehead atoms. The van der Waals surface area contributed by atoms with E-state index in [-0.39, 0.29) is 12.6 Å². The lowest BCUT2D eigenvalue weighted by atomic mass is 10.1. The molecular weight excluding hydrogens is 356 g/mol. The average molecular weight is 377 g/mol. The lowest BCUT2D eigenvalue weighted by Crippen LogP contribution is -2.47. The molecule has 0 saturated carbocycles. The number of aliphatic hydroxyl groups is 1. The van der Waals surface area contributed by atoms with Gasteiger partial charge < -0.3 is 5.11 Å². The molecule has 0 spiro atoms. The van der Waals surface area contributed by atoms with Crippen molar-refractivity contribution in [1.29, 1.82) is 0 Å². The number of rotatable bonds is 4. The van der Waals surface area contributed by atoms with Gasteiger partial charge in [-0.05, 0) is 49.9 Å². The Kier molecular flexibility index (Phi) is 5.29. The van der Waals surface area contributed by atoms with Crippen molar-refractivity contribution in [2.24, 2.45) is 0 Å². The van der Waals surface area contributed by atoms with Crippen molar-refractivity contribution in [3.05, 3.63) is 27.7 Å². The number of hydrogen-bond acceptors (Lipinski definition) is 3. The van der Waals surface area contributed by atoms with Crippen molar-refractivity contribution in [3.8, 4) is 0 Å². The van der Waals surface area contributed by atoms with E-state index in [1.54, 1.807) is 12.1 Å². The van der Waals surface area contributed by atoms with Crippen LogP contribution in [0.1, 0.15) is 30.4 Å². The van der Waals surface area contributed by atoms with Gasteiger partial charge in [-0.3, -0.25) is 4.72 Å². The smallest absolute Gasteiger partial charge is 0.301 e. The van der Waals surface area contributed by atoms with Gasteiger partial charge in [-0.15, -0.1) is 0 Å². The summed E-state index contributed by atoms with van der Waals surface area (Å²) in [4.78, 5) is 0. The van der Waals surface area contributed by atoms with Gasteiger partial charge in [-0.1, -0.05) is 22.4 Å². The number of benzene rings is 1. The number of anilines is 1. The molecular formula is C14H21BrN2O3S. The fraction of sp³-hybridized carbons (Fsp3) is 0.571. The second-order valence-corrected chi connectivity index (χ2v) is 7.89. The first-order valence-corrected chi connectivity index (χ1v) is 9.25. The Labute approximate surface area is 134 Å². The third-order valence-corrected chi connectivity index (χ3v) is 6.62. The Hall–Kier alpha value is -0.630. The standard InChI is InChI=1S/C14H21BrN2O3S/c1-10-7-12(8-11(2)14(10)15)16-21(19,20)17-6-4-3-5-13(17)9-18/h7-8,13,16,18H,3-6,9H2,1-2H3. The minimum Gasteiger partial charge on any atom is -0.395 e. The second kappa shape index (κ2) is 6.64. The van der Waals surface area contributed by atoms with E-state index in [9.17, 15) is 13.5 Å². The van der Waals surface area contributed by atoms with Crippen molar-refractivity contribution in [2.45, 2.75) is 39.2 Å². The highest BCUT2D eigenvalue weighted by molar-refractivity contribution is 9.10. The molecule has 0 aliphatic carbocycles. The molecule has 1 aliphatic rings. The van der Waals surface area contributed by atoms with E-state index in [1.165, 1.54) is 4.31 Å². The first kappa shape index (κ1) is 16.7. The number of aryl methyl sites for hydroxylation is 2. The molecule has 2 rings (SSSR count). The average Bonchev–Trinajstić information content (AvgIpc) is 2.44. The minimum absolute atomic E-state index is 0.140. The largest absolute Gasteiger partial charge is 0.395 e. The molecule has 0 aromatic heterocycles. The van der Waals surface area contributed by atoms with Crippen LogP contribution in [0.5, 0.6) is 0 Å². The summed E-state index contributed by atoms with van der Waals surface area (Å²) in [5.74, 6) is 0. The Morgan fingerprint density at radius 1 is 1.33 bits per heavy atom. The van der Waals surface area contributed by atoms with Crippen LogP contribution in [0.25, 0.3) is 0 Å². The summed E-state index contributed by atoms with van der Waals surface area (Å²) in [6, 6.07) is 3.27. The third kappa shape index (κ3) is 3.77. The molecule has 1 saturated heterocycles. The van der Waals surface area contributed by atoms with Crippen molar-refractivity contribution in [1.82, 2.24) is 4.31 Å². The Balaban J connectivity index is 2.24. The number of halogens is 1. The van der Waals surface area contributed by atoms with Gasteiger partial charge in [0.1, 0.15) is 0 Å². The molecule has 21 heavy (non-hydrogen) atoms. The van der Waals surface area contributed by atoms with Crippen LogP contribution in [-0.4, -0.2) is 37.0 Å². The lowest BCUT2D eigenvalue weighted by Gasteiger charge is -2.33. The summed E-state index contributed by atoms with van der Waals surface area (Å²) in [5, 5.41) is 9.38. The fourth-order valence-electron chi connectivity index (χ4n) is 2.69. The van der Waals surface area contributed by atoms with Gasteiger partial charge in [0, 0.05) is 17.1 Å². The van der Waals surface area contributed by atoms with Gasteiger partial charge in [0.2, 0.25) is 0 Å². The lowest BCUT2D eigenvalue weighted by molar-refractivity contribution is 0.156. The maximum Gasteiger partial charge on any atom is 0.301 e. The Morgan fingerprint density at radius 2 is 1.95 bits per heavy atom. The molecule has 1 heterocycles. The van der Waals surface area contributed by atoms with E-state index < -0.39 is 10.2 Å². The van der Waals surface area contributed by atoms with Crippen LogP contribution < -0.4 is 4.72 Å². The Bertz CT molecular complexity index is 596. The number of piperidine rings is 1. The zero-order valence-corrected chi connectivity index (χ0v) is 14.7. The number of nitrogens with zero attached hydrogens (tertiary/aromatic N) is 1. The highest BCUT2D eigenvalue weighted by Crippen LogP contribution is 2.27. The number of hydrogen-bond donors (Lipinski definition) is 2. The first-order chi connectivity index (χ1) is 9.85. The fourth-order valence-corrected chi connectivity index (χ4v) is 4.38. The van der Waals surface area contributed by atoms with E-state index in [0.29, 0.717) is 18.7 Å². The van der Waals surface area contributed by atoms with Crippen LogP contribution in [-0.2, 0) is 10.2 Å². The van der Waals surface area contributed by atoms with Gasteiger partial charge in [0.25, 0.3) is 0 Å². The normalized spacial score (nSPS) is 20.5. The van der Waals surface area contributed by atoms with E-state index in [2.05, 4.69) is 20.7 Å². The number of nitrogens with one attached hydrogen (secondary N) is 1. The van der Waals surface area contributed by atoms with E-state index in [1.807, 2.05) is 13.8 Å². The highest BCUT2D eigenvalue weighted by Gasteiger charge is 2.31. The Morgan fingerprint density at radius 3 is 2.52 bits per heavy atom. The summed E-state index contributed by atoms with van der Waals surface area (Å²) >= 11 is 3.47. The second-order valence-electron chi connectivity index (χ2n) is 5.47. The first-order valence-electron chi connectivity index (χ1n) is 7.02. The maximum atomic E-state index is 12.5. The molecule has 118 valence electrons. The quantitative estimate of drug-likeness (QED) is 0.848. The van der Waals surface area contributed by atoms with Crippen LogP contribution in [0.3, 0.4) is 0 Å². The van der Waals surface area contributed by atoms with Crippen LogP contribution in [0.4, 0.5) is 5.69 Å². The third-order valence-electron chi connectivity index (χ3n) is 3.78. The topological polar surface area (TPSA) is 69.6 Å². The zero-order valence-electron chi connectivity index (χ0n) is 12.3. The summed E-state index contributed by atoms with van der Waals surface area (Å²) in [7, 11) is -3.64. The highest BCUT2D eigenvalue weighted by atomic mass is 79.9. The molecule has 1 atom stereocenters. The molecule has 0 amide bonds. The van der Waals surface area contributed by atoms with Gasteiger partial charge in [0.15, 0.2) is 0 Å². The predicted octanol–water partition coefficient (Wildman–Crippen LogP) is 2.57. The summed E-state index contributed by atoms with van der Waals surface area (Å²) in [6.07, 6.45) is 2.49. The summed E-state index contributed by atoms with van der Waals surface area (Å²) in [5.41, 5.74) is 2.51. The molecule has 2 N–H and O–H groups in total. The molecule has 1 unspecified atom stereocenters. The van der Waals surface area contributed by atoms with Gasteiger partial charge >= 0.3 is 10.2 Å².